The van der Waals surface area contributed by atoms with Crippen molar-refractivity contribution in [3.05, 3.63) is 65.7 Å². The van der Waals surface area contributed by atoms with Gasteiger partial charge in [0.15, 0.2) is 11.5 Å². The summed E-state index contributed by atoms with van der Waals surface area (Å²) < 4.78 is 18.1. The second-order valence-electron chi connectivity index (χ2n) is 7.33. The molecule has 0 radical (unpaired) electrons. The minimum atomic E-state index is -0.0518. The third-order valence-corrected chi connectivity index (χ3v) is 5.17. The first-order valence-corrected chi connectivity index (χ1v) is 10.5. The molecule has 0 aliphatic heterocycles. The van der Waals surface area contributed by atoms with Crippen LogP contribution in [0.5, 0.6) is 17.4 Å². The van der Waals surface area contributed by atoms with Gasteiger partial charge in [0.1, 0.15) is 18.1 Å². The minimum absolute atomic E-state index is 0.0518. The molecule has 1 amide bonds. The molecule has 2 aromatic heterocycles. The smallest absolute Gasteiger partial charge is 0.231 e. The fraction of sp³-hybridized carbons (Fsp3) is 0.250. The van der Waals surface area contributed by atoms with E-state index in [1.54, 1.807) is 36.9 Å². The zero-order valence-corrected chi connectivity index (χ0v) is 18.7. The van der Waals surface area contributed by atoms with Crippen molar-refractivity contribution in [1.82, 2.24) is 25.1 Å². The van der Waals surface area contributed by atoms with E-state index >= 15 is 0 Å². The van der Waals surface area contributed by atoms with Crippen molar-refractivity contribution in [3.8, 4) is 28.8 Å². The summed E-state index contributed by atoms with van der Waals surface area (Å²) in [5.74, 6) is 2.12. The standard InChI is InChI=1S/C24H25N5O4/c1-16-6-4-5-7-17(16)14-22(30)25-12-13-33-23-11-10-21-26-27-24(29(21)28-23)19-9-8-18(31-2)15-20(19)32-3/h4-11,15H,12-14H2,1-3H3,(H,25,30). The first-order chi connectivity index (χ1) is 16.1. The Kier molecular flexibility index (Phi) is 6.68. The van der Waals surface area contributed by atoms with Crippen molar-refractivity contribution in [2.45, 2.75) is 13.3 Å². The van der Waals surface area contributed by atoms with E-state index in [2.05, 4.69) is 20.6 Å². The second kappa shape index (κ2) is 9.99. The van der Waals surface area contributed by atoms with Gasteiger partial charge < -0.3 is 19.5 Å². The number of nitrogens with one attached hydrogen (secondary N) is 1. The van der Waals surface area contributed by atoms with Crippen LogP contribution >= 0.6 is 0 Å². The minimum Gasteiger partial charge on any atom is -0.497 e. The maximum Gasteiger partial charge on any atom is 0.231 e. The average molecular weight is 447 g/mol. The van der Waals surface area contributed by atoms with Gasteiger partial charge in [-0.3, -0.25) is 4.79 Å². The maximum absolute atomic E-state index is 12.2. The van der Waals surface area contributed by atoms with E-state index in [0.29, 0.717) is 41.8 Å². The number of nitrogens with zero attached hydrogens (tertiary/aromatic N) is 4. The van der Waals surface area contributed by atoms with Crippen LogP contribution in [0.2, 0.25) is 0 Å². The topological polar surface area (TPSA) is 99.9 Å². The maximum atomic E-state index is 12.2. The Morgan fingerprint density at radius 1 is 1.03 bits per heavy atom. The van der Waals surface area contributed by atoms with Gasteiger partial charge in [0, 0.05) is 12.1 Å². The molecule has 0 saturated heterocycles. The molecule has 0 atom stereocenters. The van der Waals surface area contributed by atoms with Crippen molar-refractivity contribution in [2.24, 2.45) is 0 Å². The number of benzene rings is 2. The van der Waals surface area contributed by atoms with E-state index in [0.717, 1.165) is 16.7 Å². The Hall–Kier alpha value is -4.14. The van der Waals surface area contributed by atoms with Gasteiger partial charge in [-0.15, -0.1) is 15.3 Å². The van der Waals surface area contributed by atoms with Gasteiger partial charge in [-0.25, -0.2) is 0 Å². The van der Waals surface area contributed by atoms with E-state index in [1.165, 1.54) is 0 Å². The zero-order valence-electron chi connectivity index (χ0n) is 18.7. The Morgan fingerprint density at radius 2 is 1.88 bits per heavy atom. The predicted molar refractivity (Wildman–Crippen MR) is 123 cm³/mol. The van der Waals surface area contributed by atoms with Gasteiger partial charge >= 0.3 is 0 Å². The Labute approximate surface area is 191 Å². The number of rotatable bonds is 9. The van der Waals surface area contributed by atoms with E-state index in [9.17, 15) is 4.79 Å². The van der Waals surface area contributed by atoms with Crippen LogP contribution in [0.3, 0.4) is 0 Å². The first kappa shape index (κ1) is 22.1. The molecule has 9 heteroatoms. The Balaban J connectivity index is 1.41. The molecular weight excluding hydrogens is 422 g/mol. The largest absolute Gasteiger partial charge is 0.497 e. The predicted octanol–water partition coefficient (Wildman–Crippen LogP) is 2.85. The van der Waals surface area contributed by atoms with Gasteiger partial charge in [0.25, 0.3) is 0 Å². The van der Waals surface area contributed by atoms with E-state index in [-0.39, 0.29) is 12.5 Å². The highest BCUT2D eigenvalue weighted by atomic mass is 16.5. The van der Waals surface area contributed by atoms with Crippen LogP contribution in [0.4, 0.5) is 0 Å². The van der Waals surface area contributed by atoms with Crippen LogP contribution in [0, 0.1) is 6.92 Å². The highest BCUT2D eigenvalue weighted by Gasteiger charge is 2.16. The van der Waals surface area contributed by atoms with Gasteiger partial charge in [-0.1, -0.05) is 24.3 Å². The average Bonchev–Trinajstić information content (AvgIpc) is 3.26. The molecule has 0 saturated carbocycles. The SMILES string of the molecule is COc1ccc(-c2nnc3ccc(OCCNC(=O)Cc4ccccc4C)nn23)c(OC)c1. The fourth-order valence-electron chi connectivity index (χ4n) is 3.39. The third-order valence-electron chi connectivity index (χ3n) is 5.17. The van der Waals surface area contributed by atoms with E-state index < -0.39 is 0 Å². The monoisotopic (exact) mass is 447 g/mol. The molecule has 33 heavy (non-hydrogen) atoms. The first-order valence-electron chi connectivity index (χ1n) is 10.5. The molecule has 0 spiro atoms. The number of hydrogen-bond donors (Lipinski definition) is 1. The summed E-state index contributed by atoms with van der Waals surface area (Å²) in [5.41, 5.74) is 3.40. The molecule has 170 valence electrons. The van der Waals surface area contributed by atoms with Crippen LogP contribution in [-0.4, -0.2) is 53.1 Å². The number of carbonyl (C=O) groups excluding carboxylic acids is 1. The van der Waals surface area contributed by atoms with Gasteiger partial charge in [-0.05, 0) is 36.2 Å². The molecule has 4 aromatic rings. The molecule has 9 nitrogen and oxygen atoms in total. The van der Waals surface area contributed by atoms with E-state index in [1.807, 2.05) is 43.3 Å². The lowest BCUT2D eigenvalue weighted by atomic mass is 10.1. The van der Waals surface area contributed by atoms with Gasteiger partial charge in [0.05, 0.1) is 32.7 Å². The number of ether oxygens (including phenoxy) is 3. The lowest BCUT2D eigenvalue weighted by Gasteiger charge is -2.10. The summed E-state index contributed by atoms with van der Waals surface area (Å²) in [4.78, 5) is 12.2. The summed E-state index contributed by atoms with van der Waals surface area (Å²) in [6.07, 6.45) is 0.338. The van der Waals surface area contributed by atoms with Crippen LogP contribution < -0.4 is 19.5 Å². The van der Waals surface area contributed by atoms with E-state index in [4.69, 9.17) is 14.2 Å². The van der Waals surface area contributed by atoms with Crippen molar-refractivity contribution in [3.63, 3.8) is 0 Å². The normalized spacial score (nSPS) is 10.8. The van der Waals surface area contributed by atoms with Gasteiger partial charge in [-0.2, -0.15) is 4.52 Å². The fourth-order valence-corrected chi connectivity index (χ4v) is 3.39. The molecule has 0 aliphatic rings. The summed E-state index contributed by atoms with van der Waals surface area (Å²) in [6.45, 7) is 2.64. The third kappa shape index (κ3) is 5.03. The highest BCUT2D eigenvalue weighted by molar-refractivity contribution is 5.78. The van der Waals surface area contributed by atoms with Crippen molar-refractivity contribution in [1.29, 1.82) is 0 Å². The van der Waals surface area contributed by atoms with Crippen molar-refractivity contribution < 1.29 is 19.0 Å². The Bertz CT molecular complexity index is 1270. The summed E-state index contributed by atoms with van der Waals surface area (Å²) >= 11 is 0. The molecule has 2 heterocycles. The number of methoxy groups -OCH3 is 2. The summed E-state index contributed by atoms with van der Waals surface area (Å²) in [6, 6.07) is 16.8. The number of aryl methyl sites for hydroxylation is 1. The molecular formula is C24H25N5O4. The quantitative estimate of drug-likeness (QED) is 0.394. The molecule has 0 unspecified atom stereocenters. The molecule has 4 rings (SSSR count). The number of hydrogen-bond acceptors (Lipinski definition) is 7. The number of fused-ring (bicyclic) bond motifs is 1. The summed E-state index contributed by atoms with van der Waals surface area (Å²) in [5, 5.41) is 15.8. The molecule has 2 aromatic carbocycles. The van der Waals surface area contributed by atoms with Crippen molar-refractivity contribution in [2.75, 3.05) is 27.4 Å². The number of amides is 1. The molecule has 1 N–H and O–H groups in total. The van der Waals surface area contributed by atoms with Gasteiger partial charge in [0.2, 0.25) is 11.8 Å². The number of aromatic nitrogens is 4. The molecule has 0 aliphatic carbocycles. The van der Waals surface area contributed by atoms with Crippen molar-refractivity contribution >= 4 is 11.6 Å². The second-order valence-corrected chi connectivity index (χ2v) is 7.33. The lowest BCUT2D eigenvalue weighted by molar-refractivity contribution is -0.120. The van der Waals surface area contributed by atoms with Crippen LogP contribution in [-0.2, 0) is 11.2 Å². The Morgan fingerprint density at radius 3 is 2.67 bits per heavy atom. The summed E-state index contributed by atoms with van der Waals surface area (Å²) in [7, 11) is 3.17. The zero-order chi connectivity index (χ0) is 23.2. The number of carbonyl (C=O) groups is 1. The highest BCUT2D eigenvalue weighted by Crippen LogP contribution is 2.32. The van der Waals surface area contributed by atoms with Crippen LogP contribution in [0.1, 0.15) is 11.1 Å². The van der Waals surface area contributed by atoms with Crippen LogP contribution in [0.15, 0.2) is 54.6 Å². The molecule has 0 bridgehead atoms. The van der Waals surface area contributed by atoms with Crippen LogP contribution in [0.25, 0.3) is 17.0 Å². The lowest BCUT2D eigenvalue weighted by Crippen LogP contribution is -2.29. The molecule has 0 fully saturated rings.